The van der Waals surface area contributed by atoms with E-state index in [1.54, 1.807) is 24.3 Å². The van der Waals surface area contributed by atoms with Crippen molar-refractivity contribution in [3.8, 4) is 5.75 Å². The van der Waals surface area contributed by atoms with Crippen LogP contribution in [0.3, 0.4) is 0 Å². The fraction of sp³-hybridized carbons (Fsp3) is 0.429. The zero-order chi connectivity index (χ0) is 20.6. The van der Waals surface area contributed by atoms with Crippen LogP contribution in [-0.2, 0) is 16.4 Å². The van der Waals surface area contributed by atoms with Crippen LogP contribution < -0.4 is 15.4 Å². The summed E-state index contributed by atoms with van der Waals surface area (Å²) in [5, 5.41) is 15.6. The van der Waals surface area contributed by atoms with Gasteiger partial charge < -0.3 is 15.2 Å². The fourth-order valence-corrected chi connectivity index (χ4v) is 4.76. The molecule has 0 aliphatic carbocycles. The Morgan fingerprint density at radius 3 is 2.21 bits per heavy atom. The maximum Gasteiger partial charge on any atom is 0.194 e. The van der Waals surface area contributed by atoms with Crippen LogP contribution in [0.5, 0.6) is 5.75 Å². The van der Waals surface area contributed by atoms with Crippen LogP contribution in [0.25, 0.3) is 0 Å². The third kappa shape index (κ3) is 6.31. The minimum absolute atomic E-state index is 0.156. The number of aliphatic hydroxyl groups is 1. The molecule has 0 saturated heterocycles. The van der Waals surface area contributed by atoms with Gasteiger partial charge in [0.25, 0.3) is 0 Å². The molecule has 0 aliphatic rings. The van der Waals surface area contributed by atoms with Crippen LogP contribution >= 0.6 is 0 Å². The molecule has 0 amide bonds. The van der Waals surface area contributed by atoms with E-state index < -0.39 is 21.3 Å². The Balaban J connectivity index is 1.92. The van der Waals surface area contributed by atoms with Crippen molar-refractivity contribution in [2.75, 3.05) is 20.2 Å². The van der Waals surface area contributed by atoms with E-state index in [4.69, 9.17) is 4.74 Å². The summed E-state index contributed by atoms with van der Waals surface area (Å²) in [7, 11) is -2.05. The maximum atomic E-state index is 13.0. The quantitative estimate of drug-likeness (QED) is 0.530. The molecule has 6 nitrogen and oxygen atoms in total. The first kappa shape index (κ1) is 22.4. The summed E-state index contributed by atoms with van der Waals surface area (Å²) in [6.45, 7) is 4.89. The van der Waals surface area contributed by atoms with Crippen molar-refractivity contribution in [3.63, 3.8) is 0 Å². The zero-order valence-corrected chi connectivity index (χ0v) is 17.4. The summed E-state index contributed by atoms with van der Waals surface area (Å²) in [5.41, 5.74) is 1.13. The number of ether oxygens (including phenoxy) is 1. The van der Waals surface area contributed by atoms with Gasteiger partial charge in [0.05, 0.1) is 18.1 Å². The molecule has 0 spiro atoms. The Morgan fingerprint density at radius 1 is 1.00 bits per heavy atom. The number of hydrogen-bond acceptors (Lipinski definition) is 6. The Hall–Kier alpha value is -1.93. The molecule has 0 saturated carbocycles. The molecule has 2 aromatic carbocycles. The second-order valence-corrected chi connectivity index (χ2v) is 9.13. The summed E-state index contributed by atoms with van der Waals surface area (Å²) in [6, 6.07) is 16.3. The van der Waals surface area contributed by atoms with E-state index in [9.17, 15) is 13.5 Å². The van der Waals surface area contributed by atoms with Crippen LogP contribution in [0.15, 0.2) is 59.5 Å². The summed E-state index contributed by atoms with van der Waals surface area (Å²) in [5.74, 6) is 0.449. The zero-order valence-electron chi connectivity index (χ0n) is 16.6. The van der Waals surface area contributed by atoms with Crippen molar-refractivity contribution in [3.05, 3.63) is 60.2 Å². The average Bonchev–Trinajstić information content (AvgIpc) is 2.68. The smallest absolute Gasteiger partial charge is 0.194 e. The summed E-state index contributed by atoms with van der Waals surface area (Å²) in [4.78, 5) is 0.233. The van der Waals surface area contributed by atoms with Crippen molar-refractivity contribution < 1.29 is 18.3 Å². The lowest BCUT2D eigenvalue weighted by Crippen LogP contribution is -2.46. The number of hydrogen-bond donors (Lipinski definition) is 3. The number of nitrogens with one attached hydrogen (secondary N) is 2. The van der Waals surface area contributed by atoms with Crippen LogP contribution in [0.1, 0.15) is 19.4 Å². The Kier molecular flexibility index (Phi) is 8.44. The molecule has 154 valence electrons. The van der Waals surface area contributed by atoms with Crippen molar-refractivity contribution in [2.24, 2.45) is 5.92 Å². The minimum Gasteiger partial charge on any atom is -0.497 e. The molecule has 0 fully saturated rings. The normalized spacial score (nSPS) is 14.0. The number of aliphatic hydroxyl groups excluding tert-OH is 1. The van der Waals surface area contributed by atoms with E-state index in [2.05, 4.69) is 10.6 Å². The summed E-state index contributed by atoms with van der Waals surface area (Å²) in [6.07, 6.45) is -0.698. The number of benzene rings is 2. The fourth-order valence-electron chi connectivity index (χ4n) is 2.92. The second kappa shape index (κ2) is 10.6. The lowest BCUT2D eigenvalue weighted by Gasteiger charge is -2.24. The summed E-state index contributed by atoms with van der Waals surface area (Å²) >= 11 is 0. The number of methoxy groups -OCH3 is 1. The van der Waals surface area contributed by atoms with Crippen molar-refractivity contribution in [2.45, 2.75) is 36.8 Å². The monoisotopic (exact) mass is 406 g/mol. The van der Waals surface area contributed by atoms with Crippen LogP contribution in [0.4, 0.5) is 0 Å². The molecule has 0 radical (unpaired) electrons. The van der Waals surface area contributed by atoms with E-state index >= 15 is 0 Å². The molecular formula is C21H30N2O4S. The van der Waals surface area contributed by atoms with Gasteiger partial charge in [-0.05, 0) is 35.7 Å². The van der Waals surface area contributed by atoms with E-state index in [-0.39, 0.29) is 17.4 Å². The molecule has 28 heavy (non-hydrogen) atoms. The van der Waals surface area contributed by atoms with Crippen molar-refractivity contribution >= 4 is 9.84 Å². The Morgan fingerprint density at radius 2 is 1.64 bits per heavy atom. The molecular weight excluding hydrogens is 376 g/mol. The van der Waals surface area contributed by atoms with Gasteiger partial charge in [-0.15, -0.1) is 0 Å². The standard InChI is InChI=1S/C21H30N2O4S/c1-16(2)21(28(25,26)20-11-9-19(27-3)10-12-20)23-15-18(24)14-22-13-17-7-5-4-6-8-17/h4-12,16,18,21-24H,13-15H2,1-3H3/t18-,21+/m1/s1. The Bertz CT molecular complexity index is 808. The predicted molar refractivity (Wildman–Crippen MR) is 111 cm³/mol. The first-order valence-electron chi connectivity index (χ1n) is 9.38. The van der Waals surface area contributed by atoms with Gasteiger partial charge in [-0.1, -0.05) is 44.2 Å². The molecule has 2 atom stereocenters. The molecule has 2 rings (SSSR count). The van der Waals surface area contributed by atoms with Gasteiger partial charge in [0.1, 0.15) is 11.1 Å². The molecule has 0 unspecified atom stereocenters. The summed E-state index contributed by atoms with van der Waals surface area (Å²) < 4.78 is 31.1. The Labute approximate surface area is 167 Å². The van der Waals surface area contributed by atoms with Crippen LogP contribution in [-0.4, -0.2) is 45.2 Å². The average molecular weight is 407 g/mol. The van der Waals surface area contributed by atoms with E-state index in [0.29, 0.717) is 18.8 Å². The molecule has 0 bridgehead atoms. The largest absolute Gasteiger partial charge is 0.497 e. The highest BCUT2D eigenvalue weighted by atomic mass is 32.2. The highest BCUT2D eigenvalue weighted by Gasteiger charge is 2.30. The molecule has 3 N–H and O–H groups in total. The highest BCUT2D eigenvalue weighted by Crippen LogP contribution is 2.22. The van der Waals surface area contributed by atoms with Crippen molar-refractivity contribution in [1.29, 1.82) is 0 Å². The van der Waals surface area contributed by atoms with Gasteiger partial charge in [-0.3, -0.25) is 5.32 Å². The molecule has 7 heteroatoms. The van der Waals surface area contributed by atoms with Crippen LogP contribution in [0.2, 0.25) is 0 Å². The number of rotatable bonds is 11. The topological polar surface area (TPSA) is 87.7 Å². The van der Waals surface area contributed by atoms with Gasteiger partial charge >= 0.3 is 0 Å². The molecule has 0 heterocycles. The first-order chi connectivity index (χ1) is 13.3. The lowest BCUT2D eigenvalue weighted by atomic mass is 10.2. The molecule has 0 aromatic heterocycles. The van der Waals surface area contributed by atoms with Crippen molar-refractivity contribution in [1.82, 2.24) is 10.6 Å². The highest BCUT2D eigenvalue weighted by molar-refractivity contribution is 7.92. The third-order valence-electron chi connectivity index (χ3n) is 4.43. The van der Waals surface area contributed by atoms with Gasteiger partial charge in [0.2, 0.25) is 0 Å². The lowest BCUT2D eigenvalue weighted by molar-refractivity contribution is 0.165. The molecule has 2 aromatic rings. The first-order valence-corrected chi connectivity index (χ1v) is 10.9. The van der Waals surface area contributed by atoms with E-state index in [1.165, 1.54) is 7.11 Å². The van der Waals surface area contributed by atoms with Gasteiger partial charge in [0, 0.05) is 19.6 Å². The third-order valence-corrected chi connectivity index (χ3v) is 6.74. The van der Waals surface area contributed by atoms with Gasteiger partial charge in [0.15, 0.2) is 9.84 Å². The van der Waals surface area contributed by atoms with Gasteiger partial charge in [-0.2, -0.15) is 0 Å². The minimum atomic E-state index is -3.58. The van der Waals surface area contributed by atoms with Crippen LogP contribution in [0, 0.1) is 5.92 Å². The van der Waals surface area contributed by atoms with E-state index in [1.807, 2.05) is 44.2 Å². The maximum absolute atomic E-state index is 13.0. The van der Waals surface area contributed by atoms with Gasteiger partial charge in [-0.25, -0.2) is 8.42 Å². The molecule has 0 aliphatic heterocycles. The predicted octanol–water partition coefficient (Wildman–Crippen LogP) is 2.19. The SMILES string of the molecule is COc1ccc(S(=O)(=O)[C@H](NC[C@H](O)CNCc2ccccc2)C(C)C)cc1. The second-order valence-electron chi connectivity index (χ2n) is 7.06. The number of sulfone groups is 1. The van der Waals surface area contributed by atoms with E-state index in [0.717, 1.165) is 5.56 Å².